The Morgan fingerprint density at radius 2 is 1.10 bits per heavy atom. The van der Waals surface area contributed by atoms with Gasteiger partial charge in [-0.1, -0.05) is 58.2 Å². The van der Waals surface area contributed by atoms with Crippen LogP contribution >= 0.6 is 58.2 Å². The zero-order chi connectivity index (χ0) is 15.6. The molecule has 2 aromatic rings. The second kappa shape index (κ2) is 7.21. The van der Waals surface area contributed by atoms with E-state index >= 15 is 0 Å². The lowest BCUT2D eigenvalue weighted by Crippen LogP contribution is -1.91. The summed E-state index contributed by atoms with van der Waals surface area (Å²) in [6.07, 6.45) is 0. The predicted octanol–water partition coefficient (Wildman–Crippen LogP) is 6.47. The van der Waals surface area contributed by atoms with Crippen LogP contribution in [0.3, 0.4) is 0 Å². The topological polar surface area (TPSA) is 18.5 Å². The zero-order valence-corrected chi connectivity index (χ0v) is 14.9. The minimum absolute atomic E-state index is 0.430. The van der Waals surface area contributed by atoms with E-state index < -0.39 is 0 Å². The molecule has 0 atom stereocenters. The Morgan fingerprint density at radius 3 is 1.43 bits per heavy atom. The van der Waals surface area contributed by atoms with Crippen LogP contribution in [0.4, 0.5) is 0 Å². The molecule has 0 fully saturated rings. The third-order valence-electron chi connectivity index (χ3n) is 2.58. The van der Waals surface area contributed by atoms with Crippen molar-refractivity contribution in [3.63, 3.8) is 0 Å². The lowest BCUT2D eigenvalue weighted by molar-refractivity contribution is 0.403. The fraction of sp³-hybridized carbons (Fsp3) is 0.143. The number of benzene rings is 2. The highest BCUT2D eigenvalue weighted by Gasteiger charge is 2.16. The average molecular weight is 384 g/mol. The highest BCUT2D eigenvalue weighted by atomic mass is 35.5. The molecule has 0 saturated heterocycles. The van der Waals surface area contributed by atoms with Gasteiger partial charge in [0.25, 0.3) is 0 Å². The molecule has 21 heavy (non-hydrogen) atoms. The van der Waals surface area contributed by atoms with Crippen LogP contribution in [0.5, 0.6) is 11.5 Å². The Labute approximate surface area is 147 Å². The van der Waals surface area contributed by atoms with Crippen LogP contribution in [0.2, 0.25) is 20.1 Å². The van der Waals surface area contributed by atoms with E-state index in [1.54, 1.807) is 38.5 Å². The highest BCUT2D eigenvalue weighted by Crippen LogP contribution is 2.46. The van der Waals surface area contributed by atoms with Gasteiger partial charge < -0.3 is 9.47 Å². The first kappa shape index (κ1) is 16.9. The van der Waals surface area contributed by atoms with Gasteiger partial charge in [0.05, 0.1) is 34.1 Å². The van der Waals surface area contributed by atoms with Gasteiger partial charge >= 0.3 is 0 Å². The first-order chi connectivity index (χ1) is 9.96. The summed E-state index contributed by atoms with van der Waals surface area (Å²) < 4.78 is 10.6. The summed E-state index contributed by atoms with van der Waals surface area (Å²) in [6.45, 7) is 0. The Balaban J connectivity index is 2.52. The fourth-order valence-corrected chi connectivity index (χ4v) is 4.30. The molecular weight excluding hydrogens is 374 g/mol. The maximum atomic E-state index is 6.13. The van der Waals surface area contributed by atoms with Crippen molar-refractivity contribution in [1.82, 2.24) is 0 Å². The molecule has 0 bridgehead atoms. The molecule has 0 heterocycles. The standard InChI is InChI=1S/C14H10Cl4O2S/c1-19-13-9(17)3-7(15)5-11(13)21-12-6-8(16)4-10(18)14(12)20-2/h3-6H,1-2H3. The Bertz CT molecular complexity index is 619. The number of hydrogen-bond donors (Lipinski definition) is 0. The monoisotopic (exact) mass is 382 g/mol. The quantitative estimate of drug-likeness (QED) is 0.602. The van der Waals surface area contributed by atoms with Crippen molar-refractivity contribution in [2.75, 3.05) is 14.2 Å². The van der Waals surface area contributed by atoms with Crippen LogP contribution in [-0.4, -0.2) is 14.2 Å². The van der Waals surface area contributed by atoms with E-state index in [9.17, 15) is 0 Å². The van der Waals surface area contributed by atoms with Gasteiger partial charge in [0.15, 0.2) is 11.5 Å². The summed E-state index contributed by atoms with van der Waals surface area (Å²) in [5.74, 6) is 1.06. The highest BCUT2D eigenvalue weighted by molar-refractivity contribution is 7.99. The van der Waals surface area contributed by atoms with E-state index in [1.165, 1.54) is 11.8 Å². The van der Waals surface area contributed by atoms with Crippen LogP contribution in [0.1, 0.15) is 0 Å². The first-order valence-corrected chi connectivity index (χ1v) is 8.03. The lowest BCUT2D eigenvalue weighted by Gasteiger charge is -2.14. The molecule has 0 saturated carbocycles. The molecule has 0 aliphatic heterocycles. The van der Waals surface area contributed by atoms with Gasteiger partial charge in [-0.25, -0.2) is 0 Å². The van der Waals surface area contributed by atoms with Gasteiger partial charge in [-0.3, -0.25) is 0 Å². The molecule has 0 radical (unpaired) electrons. The molecule has 0 aromatic heterocycles. The molecule has 7 heteroatoms. The summed E-state index contributed by atoms with van der Waals surface area (Å²) >= 11 is 25.7. The van der Waals surface area contributed by atoms with Crippen LogP contribution in [0.15, 0.2) is 34.1 Å². The van der Waals surface area contributed by atoms with Crippen molar-refractivity contribution >= 4 is 58.2 Å². The minimum Gasteiger partial charge on any atom is -0.494 e. The van der Waals surface area contributed by atoms with Crippen LogP contribution in [0.25, 0.3) is 0 Å². The SMILES string of the molecule is COc1c(Cl)cc(Cl)cc1Sc1cc(Cl)cc(Cl)c1OC. The molecule has 2 nitrogen and oxygen atoms in total. The van der Waals surface area contributed by atoms with Gasteiger partial charge in [-0.05, 0) is 24.3 Å². The van der Waals surface area contributed by atoms with Crippen LogP contribution in [-0.2, 0) is 0 Å². The Kier molecular flexibility index (Phi) is 5.81. The van der Waals surface area contributed by atoms with Crippen molar-refractivity contribution < 1.29 is 9.47 Å². The van der Waals surface area contributed by atoms with Gasteiger partial charge in [-0.2, -0.15) is 0 Å². The average Bonchev–Trinajstić information content (AvgIpc) is 2.37. The summed E-state index contributed by atoms with van der Waals surface area (Å²) in [7, 11) is 3.09. The molecule has 112 valence electrons. The Morgan fingerprint density at radius 1 is 0.714 bits per heavy atom. The molecule has 2 aromatic carbocycles. The van der Waals surface area contributed by atoms with Gasteiger partial charge in [-0.15, -0.1) is 0 Å². The van der Waals surface area contributed by atoms with E-state index in [0.29, 0.717) is 31.6 Å². The number of hydrogen-bond acceptors (Lipinski definition) is 3. The summed E-state index contributed by atoms with van der Waals surface area (Å²) in [6, 6.07) is 6.75. The normalized spacial score (nSPS) is 10.6. The zero-order valence-electron chi connectivity index (χ0n) is 11.0. The van der Waals surface area contributed by atoms with Crippen molar-refractivity contribution in [1.29, 1.82) is 0 Å². The molecule has 0 spiro atoms. The molecule has 2 rings (SSSR count). The van der Waals surface area contributed by atoms with Crippen molar-refractivity contribution in [3.8, 4) is 11.5 Å². The number of methoxy groups -OCH3 is 2. The van der Waals surface area contributed by atoms with Crippen molar-refractivity contribution in [3.05, 3.63) is 44.4 Å². The molecule has 0 aliphatic carbocycles. The van der Waals surface area contributed by atoms with Gasteiger partial charge in [0.2, 0.25) is 0 Å². The molecule has 0 N–H and O–H groups in total. The van der Waals surface area contributed by atoms with Crippen LogP contribution < -0.4 is 9.47 Å². The number of ether oxygens (including phenoxy) is 2. The van der Waals surface area contributed by atoms with Crippen LogP contribution in [0, 0.1) is 0 Å². The Hall–Kier alpha value is -0.450. The van der Waals surface area contributed by atoms with Gasteiger partial charge in [0, 0.05) is 10.0 Å². The summed E-state index contributed by atoms with van der Waals surface area (Å²) in [4.78, 5) is 1.48. The van der Waals surface area contributed by atoms with E-state index in [0.717, 1.165) is 9.79 Å². The molecule has 0 unspecified atom stereocenters. The third-order valence-corrected chi connectivity index (χ3v) is 4.62. The maximum Gasteiger partial charge on any atom is 0.151 e. The molecular formula is C14H10Cl4O2S. The van der Waals surface area contributed by atoms with E-state index in [2.05, 4.69) is 0 Å². The summed E-state index contributed by atoms with van der Waals surface area (Å²) in [5.41, 5.74) is 0. The first-order valence-electron chi connectivity index (χ1n) is 5.70. The third kappa shape index (κ3) is 3.85. The predicted molar refractivity (Wildman–Crippen MR) is 90.2 cm³/mol. The maximum absolute atomic E-state index is 6.13. The van der Waals surface area contributed by atoms with E-state index in [4.69, 9.17) is 55.9 Å². The second-order valence-corrected chi connectivity index (χ2v) is 6.71. The number of halogens is 4. The summed E-state index contributed by atoms with van der Waals surface area (Å²) in [5, 5.41) is 1.88. The lowest BCUT2D eigenvalue weighted by atomic mass is 10.3. The smallest absolute Gasteiger partial charge is 0.151 e. The van der Waals surface area contributed by atoms with Gasteiger partial charge in [0.1, 0.15) is 0 Å². The second-order valence-electron chi connectivity index (χ2n) is 3.94. The fourth-order valence-electron chi connectivity index (χ4n) is 1.74. The number of rotatable bonds is 4. The molecule has 0 aliphatic rings. The van der Waals surface area contributed by atoms with Crippen molar-refractivity contribution in [2.45, 2.75) is 9.79 Å². The largest absolute Gasteiger partial charge is 0.494 e. The minimum atomic E-state index is 0.430. The van der Waals surface area contributed by atoms with E-state index in [1.807, 2.05) is 0 Å². The molecule has 0 amide bonds. The van der Waals surface area contributed by atoms with E-state index in [-0.39, 0.29) is 0 Å². The van der Waals surface area contributed by atoms with Crippen molar-refractivity contribution in [2.24, 2.45) is 0 Å².